The first-order valence-electron chi connectivity index (χ1n) is 10.7. The number of amides is 1. The number of likely N-dealkylation sites (tertiary alicyclic amines) is 1. The molecule has 4 heterocycles. The predicted molar refractivity (Wildman–Crippen MR) is 110 cm³/mol. The molecule has 29 heavy (non-hydrogen) atoms. The lowest BCUT2D eigenvalue weighted by Crippen LogP contribution is -2.45. The van der Waals surface area contributed by atoms with E-state index in [9.17, 15) is 4.79 Å². The van der Waals surface area contributed by atoms with Crippen LogP contribution in [0.5, 0.6) is 0 Å². The number of nitrogens with zero attached hydrogens (tertiary/aromatic N) is 3. The summed E-state index contributed by atoms with van der Waals surface area (Å²) in [5.74, 6) is 0.177. The second-order valence-electron chi connectivity index (χ2n) is 8.39. The molecule has 0 saturated carbocycles. The summed E-state index contributed by atoms with van der Waals surface area (Å²) < 4.78 is 13.7. The number of hydrogen-bond donors (Lipinski definition) is 1. The van der Waals surface area contributed by atoms with Crippen LogP contribution in [0.3, 0.4) is 0 Å². The molecule has 1 atom stereocenters. The third-order valence-corrected chi connectivity index (χ3v) is 6.55. The number of nitrogens with one attached hydrogen (secondary N) is 1. The van der Waals surface area contributed by atoms with E-state index < -0.39 is 0 Å². The van der Waals surface area contributed by atoms with Gasteiger partial charge in [-0.2, -0.15) is 5.10 Å². The summed E-state index contributed by atoms with van der Waals surface area (Å²) in [5.41, 5.74) is 3.78. The van der Waals surface area contributed by atoms with Crippen molar-refractivity contribution in [1.29, 1.82) is 0 Å². The average molecular weight is 401 g/mol. The first-order chi connectivity index (χ1) is 14.0. The zero-order valence-electron chi connectivity index (χ0n) is 17.7. The lowest BCUT2D eigenvalue weighted by Gasteiger charge is -2.39. The molecule has 2 aliphatic rings. The smallest absolute Gasteiger partial charge is 0.287 e. The fourth-order valence-electron chi connectivity index (χ4n) is 4.72. The molecule has 7 heteroatoms. The van der Waals surface area contributed by atoms with Gasteiger partial charge in [0.25, 0.3) is 5.91 Å². The van der Waals surface area contributed by atoms with Crippen molar-refractivity contribution in [3.05, 3.63) is 41.1 Å². The summed E-state index contributed by atoms with van der Waals surface area (Å²) in [6.07, 6.45) is 5.78. The number of piperidine rings is 1. The molecule has 158 valence electrons. The van der Waals surface area contributed by atoms with Gasteiger partial charge in [0.2, 0.25) is 0 Å². The lowest BCUT2D eigenvalue weighted by molar-refractivity contribution is -0.0765. The molecule has 2 fully saturated rings. The van der Waals surface area contributed by atoms with Crippen molar-refractivity contribution in [2.24, 2.45) is 0 Å². The summed E-state index contributed by atoms with van der Waals surface area (Å²) in [6.45, 7) is 10.9. The van der Waals surface area contributed by atoms with Gasteiger partial charge in [-0.1, -0.05) is 0 Å². The van der Waals surface area contributed by atoms with E-state index >= 15 is 0 Å². The van der Waals surface area contributed by atoms with E-state index in [0.29, 0.717) is 12.3 Å². The minimum atomic E-state index is -0.173. The quantitative estimate of drug-likeness (QED) is 0.807. The highest BCUT2D eigenvalue weighted by Crippen LogP contribution is 2.39. The molecule has 1 spiro atoms. The Morgan fingerprint density at radius 3 is 2.76 bits per heavy atom. The van der Waals surface area contributed by atoms with Gasteiger partial charge in [0, 0.05) is 44.0 Å². The maximum atomic E-state index is 12.1. The topological polar surface area (TPSA) is 72.5 Å². The van der Waals surface area contributed by atoms with Crippen molar-refractivity contribution < 1.29 is 13.9 Å². The third kappa shape index (κ3) is 4.26. The fraction of sp³-hybridized carbons (Fsp3) is 0.636. The summed E-state index contributed by atoms with van der Waals surface area (Å²) in [7, 11) is 0. The van der Waals surface area contributed by atoms with Gasteiger partial charge >= 0.3 is 0 Å². The molecule has 2 saturated heterocycles. The van der Waals surface area contributed by atoms with Gasteiger partial charge in [0.05, 0.1) is 23.7 Å². The van der Waals surface area contributed by atoms with Crippen molar-refractivity contribution in [2.45, 2.75) is 71.2 Å². The Hall–Kier alpha value is -2.12. The molecule has 7 nitrogen and oxygen atoms in total. The Labute approximate surface area is 172 Å². The number of hydrogen-bond acceptors (Lipinski definition) is 5. The molecule has 0 unspecified atom stereocenters. The largest absolute Gasteiger partial charge is 0.459 e. The molecule has 1 N–H and O–H groups in total. The second-order valence-corrected chi connectivity index (χ2v) is 8.39. The number of rotatable bonds is 6. The summed E-state index contributed by atoms with van der Waals surface area (Å²) in [6, 6.07) is 3.40. The molecular weight excluding hydrogens is 368 g/mol. The summed E-state index contributed by atoms with van der Waals surface area (Å²) in [5, 5.41) is 7.59. The van der Waals surface area contributed by atoms with Gasteiger partial charge in [-0.15, -0.1) is 0 Å². The normalized spacial score (nSPS) is 21.7. The van der Waals surface area contributed by atoms with Crippen LogP contribution in [-0.4, -0.2) is 51.9 Å². The number of aryl methyl sites for hydroxylation is 2. The van der Waals surface area contributed by atoms with Crippen LogP contribution in [0.4, 0.5) is 0 Å². The van der Waals surface area contributed by atoms with Crippen molar-refractivity contribution in [2.75, 3.05) is 19.6 Å². The highest BCUT2D eigenvalue weighted by Gasteiger charge is 2.42. The molecule has 4 rings (SSSR count). The van der Waals surface area contributed by atoms with Crippen LogP contribution >= 0.6 is 0 Å². The minimum absolute atomic E-state index is 0.0196. The van der Waals surface area contributed by atoms with Gasteiger partial charge in [0.15, 0.2) is 5.76 Å². The second kappa shape index (κ2) is 8.32. The van der Waals surface area contributed by atoms with Crippen molar-refractivity contribution in [3.63, 3.8) is 0 Å². The Kier molecular flexibility index (Phi) is 5.79. The van der Waals surface area contributed by atoms with E-state index in [1.54, 1.807) is 12.1 Å². The first-order valence-corrected chi connectivity index (χ1v) is 10.7. The van der Waals surface area contributed by atoms with Crippen LogP contribution < -0.4 is 5.32 Å². The van der Waals surface area contributed by atoms with Crippen LogP contribution in [0, 0.1) is 13.8 Å². The van der Waals surface area contributed by atoms with Crippen LogP contribution in [0.15, 0.2) is 22.8 Å². The average Bonchev–Trinajstić information content (AvgIpc) is 3.45. The maximum Gasteiger partial charge on any atom is 0.287 e. The summed E-state index contributed by atoms with van der Waals surface area (Å²) in [4.78, 5) is 14.6. The Morgan fingerprint density at radius 2 is 2.10 bits per heavy atom. The van der Waals surface area contributed by atoms with Crippen LogP contribution in [0.1, 0.15) is 60.1 Å². The molecule has 1 amide bonds. The number of carbonyl (C=O) groups is 1. The van der Waals surface area contributed by atoms with E-state index in [0.717, 1.165) is 57.6 Å². The highest BCUT2D eigenvalue weighted by atomic mass is 16.5. The molecule has 0 radical (unpaired) electrons. The number of ether oxygens (including phenoxy) is 1. The molecule has 0 bridgehead atoms. The molecule has 2 aliphatic heterocycles. The zero-order valence-corrected chi connectivity index (χ0v) is 17.7. The van der Waals surface area contributed by atoms with Crippen molar-refractivity contribution in [1.82, 2.24) is 20.0 Å². The first kappa shape index (κ1) is 20.2. The van der Waals surface area contributed by atoms with Gasteiger partial charge in [-0.25, -0.2) is 0 Å². The van der Waals surface area contributed by atoms with E-state index in [-0.39, 0.29) is 17.6 Å². The van der Waals surface area contributed by atoms with E-state index in [1.807, 2.05) is 0 Å². The van der Waals surface area contributed by atoms with Gasteiger partial charge in [-0.05, 0) is 58.6 Å². The molecule has 2 aromatic heterocycles. The SMILES string of the molecule is CCn1nc(C)c(CN2CCC3(CC[C@@H](CNC(=O)c4ccco4)O3)CC2)c1C. The Bertz CT molecular complexity index is 835. The van der Waals surface area contributed by atoms with E-state index in [4.69, 9.17) is 9.15 Å². The fourth-order valence-corrected chi connectivity index (χ4v) is 4.72. The molecule has 2 aromatic rings. The lowest BCUT2D eigenvalue weighted by atomic mass is 9.88. The molecule has 0 aromatic carbocycles. The number of carbonyl (C=O) groups excluding carboxylic acids is 1. The Balaban J connectivity index is 1.26. The molecule has 0 aliphatic carbocycles. The van der Waals surface area contributed by atoms with Gasteiger partial charge in [0.1, 0.15) is 0 Å². The molecular formula is C22H32N4O3. The van der Waals surface area contributed by atoms with Crippen LogP contribution in [-0.2, 0) is 17.8 Å². The highest BCUT2D eigenvalue weighted by molar-refractivity contribution is 5.91. The monoisotopic (exact) mass is 400 g/mol. The standard InChI is InChI=1S/C22H32N4O3/c1-4-26-17(3)19(16(2)24-26)15-25-11-9-22(10-12-25)8-7-18(29-22)14-23-21(27)20-6-5-13-28-20/h5-6,13,18H,4,7-12,14-15H2,1-3H3,(H,23,27)/t18-/m0/s1. The zero-order chi connectivity index (χ0) is 20.4. The number of aromatic nitrogens is 2. The third-order valence-electron chi connectivity index (χ3n) is 6.55. The summed E-state index contributed by atoms with van der Waals surface area (Å²) >= 11 is 0. The maximum absolute atomic E-state index is 12.1. The van der Waals surface area contributed by atoms with E-state index in [2.05, 4.69) is 40.8 Å². The van der Waals surface area contributed by atoms with Crippen LogP contribution in [0.25, 0.3) is 0 Å². The van der Waals surface area contributed by atoms with Gasteiger partial charge < -0.3 is 14.5 Å². The van der Waals surface area contributed by atoms with Crippen LogP contribution in [0.2, 0.25) is 0 Å². The van der Waals surface area contributed by atoms with Gasteiger partial charge in [-0.3, -0.25) is 14.4 Å². The Morgan fingerprint density at radius 1 is 1.31 bits per heavy atom. The predicted octanol–water partition coefficient (Wildman–Crippen LogP) is 3.06. The van der Waals surface area contributed by atoms with Crippen molar-refractivity contribution >= 4 is 5.91 Å². The number of furan rings is 1. The van der Waals surface area contributed by atoms with E-state index in [1.165, 1.54) is 17.5 Å². The minimum Gasteiger partial charge on any atom is -0.459 e. The van der Waals surface area contributed by atoms with Crippen molar-refractivity contribution in [3.8, 4) is 0 Å².